The smallest absolute Gasteiger partial charge is 0.0963 e. The predicted molar refractivity (Wildman–Crippen MR) is 73.3 cm³/mol. The molecule has 1 aromatic carbocycles. The molecule has 1 unspecified atom stereocenters. The van der Waals surface area contributed by atoms with Gasteiger partial charge in [0.25, 0.3) is 0 Å². The molecule has 2 radical (unpaired) electrons. The molecule has 0 saturated carbocycles. The molecule has 1 N–H and O–H groups in total. The van der Waals surface area contributed by atoms with Crippen LogP contribution in [0.2, 0.25) is 19.6 Å². The quantitative estimate of drug-likeness (QED) is 0.619. The molecule has 0 fully saturated rings. The summed E-state index contributed by atoms with van der Waals surface area (Å²) in [5.41, 5.74) is 1.83. The van der Waals surface area contributed by atoms with Gasteiger partial charge in [-0.1, -0.05) is 50.0 Å². The Balaban J connectivity index is 2.71. The van der Waals surface area contributed by atoms with Crippen LogP contribution in [0.3, 0.4) is 0 Å². The normalized spacial score (nSPS) is 13.8. The van der Waals surface area contributed by atoms with Gasteiger partial charge in [-0.25, -0.2) is 0 Å². The molecule has 0 bridgehead atoms. The third-order valence-corrected chi connectivity index (χ3v) is 7.30. The molecule has 0 heterocycles. The number of hydrogen-bond donors (Lipinski definition) is 1. The fourth-order valence-corrected chi connectivity index (χ4v) is 6.31. The van der Waals surface area contributed by atoms with Crippen LogP contribution in [0.25, 0.3) is 0 Å². The van der Waals surface area contributed by atoms with Gasteiger partial charge in [-0.05, 0) is 5.56 Å². The summed E-state index contributed by atoms with van der Waals surface area (Å²) < 4.78 is 5.12. The summed E-state index contributed by atoms with van der Waals surface area (Å²) in [4.78, 5) is 0. The van der Waals surface area contributed by atoms with E-state index in [-0.39, 0.29) is 0 Å². The SMILES string of the molecule is COCNC([Si][Si](C)(C)C)c1ccccc1. The van der Waals surface area contributed by atoms with Gasteiger partial charge >= 0.3 is 0 Å². The van der Waals surface area contributed by atoms with Crippen molar-refractivity contribution in [1.29, 1.82) is 0 Å². The van der Waals surface area contributed by atoms with Crippen molar-refractivity contribution in [3.05, 3.63) is 35.9 Å². The maximum atomic E-state index is 5.12. The van der Waals surface area contributed by atoms with Gasteiger partial charge in [0.1, 0.15) is 0 Å². The third kappa shape index (κ3) is 5.07. The molecule has 1 atom stereocenters. The van der Waals surface area contributed by atoms with Gasteiger partial charge in [-0.15, -0.1) is 0 Å². The van der Waals surface area contributed by atoms with Gasteiger partial charge in [0, 0.05) is 20.4 Å². The van der Waals surface area contributed by atoms with Crippen LogP contribution in [-0.2, 0) is 4.74 Å². The van der Waals surface area contributed by atoms with Gasteiger partial charge in [0.15, 0.2) is 0 Å². The molecule has 4 heteroatoms. The Morgan fingerprint density at radius 1 is 1.25 bits per heavy atom. The highest BCUT2D eigenvalue weighted by Crippen LogP contribution is 2.15. The third-order valence-electron chi connectivity index (χ3n) is 2.14. The second-order valence-corrected chi connectivity index (χ2v) is 15.6. The standard InChI is InChI=1S/C12H21NOSi2/c1-14-10-13-12(15-16(2,3)4)11-8-6-5-7-9-11/h5-9,12-13H,10H2,1-4H3. The fraction of sp³-hybridized carbons (Fsp3) is 0.500. The van der Waals surface area contributed by atoms with E-state index >= 15 is 0 Å². The van der Waals surface area contributed by atoms with Crippen molar-refractivity contribution >= 4 is 16.6 Å². The Bertz CT molecular complexity index is 298. The molecule has 0 aliphatic carbocycles. The number of ether oxygens (including phenoxy) is 1. The van der Waals surface area contributed by atoms with Crippen LogP contribution in [0.15, 0.2) is 30.3 Å². The summed E-state index contributed by atoms with van der Waals surface area (Å²) in [6.07, 6.45) is 0. The molecule has 2 nitrogen and oxygen atoms in total. The Labute approximate surface area is 102 Å². The Kier molecular flexibility index (Phi) is 5.41. The molecule has 0 amide bonds. The highest BCUT2D eigenvalue weighted by atomic mass is 29.2. The number of rotatable bonds is 6. The summed E-state index contributed by atoms with van der Waals surface area (Å²) >= 11 is 0. The average Bonchev–Trinajstić information content (AvgIpc) is 2.24. The van der Waals surface area contributed by atoms with Gasteiger partial charge in [0.2, 0.25) is 0 Å². The molecular weight excluding hydrogens is 230 g/mol. The first kappa shape index (κ1) is 13.6. The zero-order valence-electron chi connectivity index (χ0n) is 10.6. The van der Waals surface area contributed by atoms with Gasteiger partial charge in [-0.3, -0.25) is 5.32 Å². The van der Waals surface area contributed by atoms with Crippen molar-refractivity contribution in [2.45, 2.75) is 25.3 Å². The maximum absolute atomic E-state index is 5.12. The fourth-order valence-electron chi connectivity index (χ4n) is 1.50. The van der Waals surface area contributed by atoms with Crippen LogP contribution in [0.5, 0.6) is 0 Å². The number of nitrogens with one attached hydrogen (secondary N) is 1. The summed E-state index contributed by atoms with van der Waals surface area (Å²) in [6.45, 7) is 7.86. The van der Waals surface area contributed by atoms with Gasteiger partial charge in [-0.2, -0.15) is 0 Å². The van der Waals surface area contributed by atoms with E-state index in [4.69, 9.17) is 4.74 Å². The number of hydrogen-bond acceptors (Lipinski definition) is 2. The van der Waals surface area contributed by atoms with E-state index in [1.165, 1.54) is 5.56 Å². The number of methoxy groups -OCH3 is 1. The van der Waals surface area contributed by atoms with Crippen LogP contribution in [0, 0.1) is 0 Å². The Morgan fingerprint density at radius 3 is 2.38 bits per heavy atom. The van der Waals surface area contributed by atoms with Crippen molar-refractivity contribution in [2.75, 3.05) is 13.8 Å². The molecule has 1 rings (SSSR count). The van der Waals surface area contributed by atoms with Crippen LogP contribution in [-0.4, -0.2) is 30.5 Å². The number of benzene rings is 1. The molecule has 0 spiro atoms. The lowest BCUT2D eigenvalue weighted by atomic mass is 10.2. The molecule has 0 aliphatic heterocycles. The van der Waals surface area contributed by atoms with Crippen LogP contribution in [0.1, 0.15) is 11.2 Å². The second kappa shape index (κ2) is 6.34. The topological polar surface area (TPSA) is 21.3 Å². The van der Waals surface area contributed by atoms with Gasteiger partial charge < -0.3 is 4.74 Å². The van der Waals surface area contributed by atoms with E-state index in [0.717, 1.165) is 9.04 Å². The van der Waals surface area contributed by atoms with E-state index in [2.05, 4.69) is 55.3 Å². The van der Waals surface area contributed by atoms with Crippen LogP contribution >= 0.6 is 0 Å². The van der Waals surface area contributed by atoms with E-state index in [0.29, 0.717) is 12.4 Å². The molecule has 16 heavy (non-hydrogen) atoms. The molecule has 88 valence electrons. The predicted octanol–water partition coefficient (Wildman–Crippen LogP) is 2.42. The molecule has 1 aromatic rings. The molecule has 0 saturated heterocycles. The van der Waals surface area contributed by atoms with E-state index < -0.39 is 7.59 Å². The summed E-state index contributed by atoms with van der Waals surface area (Å²) in [5, 5.41) is 3.47. The Hall–Kier alpha value is -0.426. The minimum absolute atomic E-state index is 0.452. The Morgan fingerprint density at radius 2 is 1.88 bits per heavy atom. The summed E-state index contributed by atoms with van der Waals surface area (Å²) in [5.74, 6) is 0. The minimum Gasteiger partial charge on any atom is -0.370 e. The zero-order chi connectivity index (χ0) is 12.0. The first-order valence-electron chi connectivity index (χ1n) is 5.58. The van der Waals surface area contributed by atoms with Crippen LogP contribution in [0.4, 0.5) is 0 Å². The lowest BCUT2D eigenvalue weighted by Gasteiger charge is -2.24. The molecular formula is C12H21NOSi2. The average molecular weight is 251 g/mol. The van der Waals surface area contributed by atoms with Crippen molar-refractivity contribution in [3.8, 4) is 0 Å². The minimum atomic E-state index is -1.04. The van der Waals surface area contributed by atoms with Crippen molar-refractivity contribution in [2.24, 2.45) is 0 Å². The largest absolute Gasteiger partial charge is 0.370 e. The summed E-state index contributed by atoms with van der Waals surface area (Å²) in [7, 11) is 1.65. The van der Waals surface area contributed by atoms with Crippen molar-refractivity contribution in [1.82, 2.24) is 5.32 Å². The first-order valence-corrected chi connectivity index (χ1v) is 11.2. The van der Waals surface area contributed by atoms with E-state index in [1.807, 2.05) is 0 Å². The van der Waals surface area contributed by atoms with Gasteiger partial charge in [0.05, 0.1) is 15.8 Å². The lowest BCUT2D eigenvalue weighted by Crippen LogP contribution is -2.41. The first-order chi connectivity index (χ1) is 7.53. The highest BCUT2D eigenvalue weighted by molar-refractivity contribution is 7.23. The van der Waals surface area contributed by atoms with E-state index in [9.17, 15) is 0 Å². The monoisotopic (exact) mass is 251 g/mol. The van der Waals surface area contributed by atoms with E-state index in [1.54, 1.807) is 7.11 Å². The van der Waals surface area contributed by atoms with Crippen molar-refractivity contribution < 1.29 is 4.74 Å². The molecule has 0 aromatic heterocycles. The van der Waals surface area contributed by atoms with Crippen LogP contribution < -0.4 is 5.32 Å². The zero-order valence-corrected chi connectivity index (χ0v) is 12.6. The highest BCUT2D eigenvalue weighted by Gasteiger charge is 2.22. The van der Waals surface area contributed by atoms with Crippen molar-refractivity contribution in [3.63, 3.8) is 0 Å². The second-order valence-electron chi connectivity index (χ2n) is 4.88. The maximum Gasteiger partial charge on any atom is 0.0963 e. The molecule has 0 aliphatic rings. The lowest BCUT2D eigenvalue weighted by molar-refractivity contribution is 0.172. The summed E-state index contributed by atoms with van der Waals surface area (Å²) in [6, 6.07) is 10.7.